The zero-order valence-electron chi connectivity index (χ0n) is 10.2. The Morgan fingerprint density at radius 1 is 1.19 bits per heavy atom. The van der Waals surface area contributed by atoms with E-state index in [1.807, 2.05) is 45.4 Å². The van der Waals surface area contributed by atoms with Gasteiger partial charge >= 0.3 is 6.09 Å². The summed E-state index contributed by atoms with van der Waals surface area (Å²) in [5.74, 6) is 0. The van der Waals surface area contributed by atoms with Crippen LogP contribution in [0.3, 0.4) is 0 Å². The van der Waals surface area contributed by atoms with Crippen LogP contribution in [0, 0.1) is 0 Å². The number of nitrogens with zero attached hydrogens (tertiary/aromatic N) is 1. The van der Waals surface area contributed by atoms with E-state index in [1.54, 1.807) is 4.57 Å². The largest absolute Gasteiger partial charge is 0.443 e. The molecule has 0 amide bonds. The molecule has 1 heterocycles. The molecule has 0 aliphatic heterocycles. The normalized spacial score (nSPS) is 11.6. The number of thioether (sulfide) groups is 2. The highest BCUT2D eigenvalue weighted by Gasteiger charge is 2.21. The van der Waals surface area contributed by atoms with Crippen LogP contribution in [0.2, 0.25) is 0 Å². The fourth-order valence-corrected chi connectivity index (χ4v) is 2.38. The van der Waals surface area contributed by atoms with Crippen molar-refractivity contribution in [1.29, 1.82) is 0 Å². The molecule has 0 fully saturated rings. The lowest BCUT2D eigenvalue weighted by molar-refractivity contribution is 0.0509. The molecular formula is C11H17NO2S2. The Morgan fingerprint density at radius 3 is 1.94 bits per heavy atom. The molecule has 0 N–H and O–H groups in total. The van der Waals surface area contributed by atoms with E-state index in [1.165, 1.54) is 23.5 Å². The number of carbonyl (C=O) groups is 1. The molecule has 0 atom stereocenters. The van der Waals surface area contributed by atoms with Crippen molar-refractivity contribution in [3.63, 3.8) is 0 Å². The van der Waals surface area contributed by atoms with Crippen molar-refractivity contribution in [3.8, 4) is 0 Å². The molecule has 0 saturated heterocycles. The first-order valence-electron chi connectivity index (χ1n) is 4.92. The van der Waals surface area contributed by atoms with Crippen molar-refractivity contribution >= 4 is 29.6 Å². The quantitative estimate of drug-likeness (QED) is 0.758. The zero-order chi connectivity index (χ0) is 12.3. The summed E-state index contributed by atoms with van der Waals surface area (Å²) in [7, 11) is 0. The van der Waals surface area contributed by atoms with Gasteiger partial charge in [0, 0.05) is 0 Å². The first-order valence-corrected chi connectivity index (χ1v) is 7.37. The van der Waals surface area contributed by atoms with E-state index in [0.717, 1.165) is 10.1 Å². The smallest absolute Gasteiger partial charge is 0.420 e. The van der Waals surface area contributed by atoms with E-state index in [9.17, 15) is 4.79 Å². The number of hydrogen-bond acceptors (Lipinski definition) is 4. The highest BCUT2D eigenvalue weighted by atomic mass is 32.2. The van der Waals surface area contributed by atoms with Gasteiger partial charge in [-0.15, -0.1) is 23.5 Å². The molecule has 1 aromatic rings. The van der Waals surface area contributed by atoms with Gasteiger partial charge in [0.1, 0.15) is 5.60 Å². The van der Waals surface area contributed by atoms with Crippen molar-refractivity contribution < 1.29 is 9.53 Å². The maximum atomic E-state index is 12.0. The van der Waals surface area contributed by atoms with Gasteiger partial charge in [-0.05, 0) is 45.4 Å². The van der Waals surface area contributed by atoms with Crippen LogP contribution < -0.4 is 0 Å². The molecule has 0 aliphatic carbocycles. The minimum Gasteiger partial charge on any atom is -0.443 e. The first kappa shape index (κ1) is 13.5. The molecule has 1 rings (SSSR count). The summed E-state index contributed by atoms with van der Waals surface area (Å²) in [6.45, 7) is 5.60. The Morgan fingerprint density at radius 2 is 1.62 bits per heavy atom. The Balaban J connectivity index is 3.01. The third kappa shape index (κ3) is 3.22. The molecular weight excluding hydrogens is 242 g/mol. The predicted molar refractivity (Wildman–Crippen MR) is 69.6 cm³/mol. The van der Waals surface area contributed by atoms with Crippen molar-refractivity contribution in [2.45, 2.75) is 36.4 Å². The zero-order valence-corrected chi connectivity index (χ0v) is 11.9. The lowest BCUT2D eigenvalue weighted by Gasteiger charge is -2.21. The highest BCUT2D eigenvalue weighted by Crippen LogP contribution is 2.26. The lowest BCUT2D eigenvalue weighted by atomic mass is 10.2. The van der Waals surface area contributed by atoms with Crippen molar-refractivity contribution in [2.24, 2.45) is 0 Å². The molecule has 5 heteroatoms. The Labute approximate surface area is 105 Å². The average molecular weight is 259 g/mol. The minimum absolute atomic E-state index is 0.314. The standard InChI is InChI=1S/C11H17NO2S2/c1-11(2,3)14-10(13)12-8(15-4)6-7-9(12)16-5/h6-7H,1-5H3. The fraction of sp³-hybridized carbons (Fsp3) is 0.545. The first-order chi connectivity index (χ1) is 7.39. The highest BCUT2D eigenvalue weighted by molar-refractivity contribution is 7.99. The third-order valence-corrected chi connectivity index (χ3v) is 3.28. The van der Waals surface area contributed by atoms with E-state index in [0.29, 0.717) is 0 Å². The van der Waals surface area contributed by atoms with Crippen LogP contribution >= 0.6 is 23.5 Å². The number of rotatable bonds is 2. The van der Waals surface area contributed by atoms with Gasteiger partial charge in [-0.3, -0.25) is 0 Å². The lowest BCUT2D eigenvalue weighted by Crippen LogP contribution is -2.27. The summed E-state index contributed by atoms with van der Waals surface area (Å²) in [5.41, 5.74) is -0.466. The monoisotopic (exact) mass is 259 g/mol. The van der Waals surface area contributed by atoms with E-state index in [4.69, 9.17) is 4.74 Å². The van der Waals surface area contributed by atoms with Gasteiger partial charge in [0.15, 0.2) is 0 Å². The second-order valence-electron chi connectivity index (χ2n) is 4.23. The second-order valence-corrected chi connectivity index (χ2v) is 5.89. The molecule has 0 radical (unpaired) electrons. The molecule has 1 aromatic heterocycles. The maximum Gasteiger partial charge on any atom is 0.420 e. The van der Waals surface area contributed by atoms with Gasteiger partial charge < -0.3 is 4.74 Å². The van der Waals surface area contributed by atoms with E-state index in [-0.39, 0.29) is 6.09 Å². The van der Waals surface area contributed by atoms with Gasteiger partial charge in [0.05, 0.1) is 10.1 Å². The average Bonchev–Trinajstić information content (AvgIpc) is 2.57. The van der Waals surface area contributed by atoms with Crippen molar-refractivity contribution in [2.75, 3.05) is 12.5 Å². The van der Waals surface area contributed by atoms with Gasteiger partial charge in [-0.1, -0.05) is 0 Å². The van der Waals surface area contributed by atoms with Gasteiger partial charge in [0.25, 0.3) is 0 Å². The predicted octanol–water partition coefficient (Wildman–Crippen LogP) is 3.72. The SMILES string of the molecule is CSc1ccc(SC)n1C(=O)OC(C)(C)C. The number of ether oxygens (including phenoxy) is 1. The second kappa shape index (κ2) is 5.19. The van der Waals surface area contributed by atoms with Crippen LogP contribution in [0.25, 0.3) is 0 Å². The van der Waals surface area contributed by atoms with Crippen LogP contribution in [0.5, 0.6) is 0 Å². The number of aromatic nitrogens is 1. The summed E-state index contributed by atoms with van der Waals surface area (Å²) in [5, 5.41) is 1.80. The Hall–Kier alpha value is -0.550. The van der Waals surface area contributed by atoms with Crippen LogP contribution in [-0.4, -0.2) is 28.8 Å². The van der Waals surface area contributed by atoms with E-state index >= 15 is 0 Å². The molecule has 0 bridgehead atoms. The minimum atomic E-state index is -0.466. The number of hydrogen-bond donors (Lipinski definition) is 0. The van der Waals surface area contributed by atoms with Crippen molar-refractivity contribution in [1.82, 2.24) is 4.57 Å². The summed E-state index contributed by atoms with van der Waals surface area (Å²) in [4.78, 5) is 12.0. The number of carbonyl (C=O) groups excluding carboxylic acids is 1. The van der Waals surface area contributed by atoms with E-state index in [2.05, 4.69) is 0 Å². The van der Waals surface area contributed by atoms with Crippen LogP contribution in [0.15, 0.2) is 22.2 Å². The summed E-state index contributed by atoms with van der Waals surface area (Å²) in [6, 6.07) is 3.86. The van der Waals surface area contributed by atoms with Gasteiger partial charge in [-0.25, -0.2) is 9.36 Å². The molecule has 0 unspecified atom stereocenters. The molecule has 16 heavy (non-hydrogen) atoms. The Kier molecular flexibility index (Phi) is 4.38. The molecule has 0 spiro atoms. The molecule has 0 aromatic carbocycles. The van der Waals surface area contributed by atoms with E-state index < -0.39 is 5.60 Å². The van der Waals surface area contributed by atoms with Gasteiger partial charge in [-0.2, -0.15) is 0 Å². The summed E-state index contributed by atoms with van der Waals surface area (Å²) < 4.78 is 6.98. The topological polar surface area (TPSA) is 31.2 Å². The summed E-state index contributed by atoms with van der Waals surface area (Å²) in [6.07, 6.45) is 3.58. The Bertz CT molecular complexity index is 358. The van der Waals surface area contributed by atoms with Crippen LogP contribution in [0.4, 0.5) is 4.79 Å². The third-order valence-electron chi connectivity index (χ3n) is 1.80. The van der Waals surface area contributed by atoms with Gasteiger partial charge in [0.2, 0.25) is 0 Å². The fourth-order valence-electron chi connectivity index (χ4n) is 1.21. The molecule has 3 nitrogen and oxygen atoms in total. The maximum absolute atomic E-state index is 12.0. The molecule has 0 aliphatic rings. The summed E-state index contributed by atoms with van der Waals surface area (Å²) >= 11 is 3.07. The van der Waals surface area contributed by atoms with Crippen LogP contribution in [0.1, 0.15) is 20.8 Å². The molecule has 0 saturated carbocycles. The molecule has 90 valence electrons. The van der Waals surface area contributed by atoms with Crippen LogP contribution in [-0.2, 0) is 4.74 Å². The van der Waals surface area contributed by atoms with Crippen molar-refractivity contribution in [3.05, 3.63) is 12.1 Å².